The molecule has 3 heteroatoms. The molecule has 1 N–H and O–H groups in total. The Balaban J connectivity index is 2.38. The van der Waals surface area contributed by atoms with Crippen LogP contribution in [-0.4, -0.2) is 5.11 Å². The highest BCUT2D eigenvalue weighted by Crippen LogP contribution is 2.29. The Morgan fingerprint density at radius 3 is 2.11 bits per heavy atom. The maximum Gasteiger partial charge on any atom is 0.147 e. The van der Waals surface area contributed by atoms with E-state index in [1.807, 2.05) is 18.2 Å². The zero-order chi connectivity index (χ0) is 14.0. The first-order valence-electron chi connectivity index (χ1n) is 5.70. The molecule has 0 spiro atoms. The lowest BCUT2D eigenvalue weighted by molar-refractivity contribution is 0.122. The van der Waals surface area contributed by atoms with Gasteiger partial charge >= 0.3 is 0 Å². The number of halogens is 2. The van der Waals surface area contributed by atoms with Gasteiger partial charge in [0.15, 0.2) is 0 Å². The fourth-order valence-corrected chi connectivity index (χ4v) is 2.04. The molecule has 0 heterocycles. The molecule has 0 radical (unpaired) electrons. The van der Waals surface area contributed by atoms with E-state index in [1.54, 1.807) is 31.2 Å². The van der Waals surface area contributed by atoms with Crippen molar-refractivity contribution in [1.82, 2.24) is 0 Å². The van der Waals surface area contributed by atoms with Crippen LogP contribution in [0.15, 0.2) is 42.5 Å². The van der Waals surface area contributed by atoms with Crippen molar-refractivity contribution in [1.29, 1.82) is 0 Å². The van der Waals surface area contributed by atoms with Crippen LogP contribution in [-0.2, 0) is 5.60 Å². The summed E-state index contributed by atoms with van der Waals surface area (Å²) in [4.78, 5) is 0. The molecule has 2 rings (SSSR count). The Labute approximate surface area is 122 Å². The van der Waals surface area contributed by atoms with Crippen LogP contribution >= 0.6 is 23.2 Å². The Bertz CT molecular complexity index is 637. The summed E-state index contributed by atoms with van der Waals surface area (Å²) in [5.41, 5.74) is 1.37. The average molecular weight is 291 g/mol. The van der Waals surface area contributed by atoms with Crippen LogP contribution in [0.4, 0.5) is 0 Å². The van der Waals surface area contributed by atoms with Crippen molar-refractivity contribution in [3.8, 4) is 23.5 Å². The standard InChI is InChI=1S/C16H12Cl2O/c1-3-16(2,19)13-7-4-11(5-8-13)12-6-9-14(17)15(18)10-12/h1,4-10,19H,2H3. The molecule has 19 heavy (non-hydrogen) atoms. The van der Waals surface area contributed by atoms with Crippen molar-refractivity contribution in [2.75, 3.05) is 0 Å². The number of aliphatic hydroxyl groups is 1. The van der Waals surface area contributed by atoms with Gasteiger partial charge in [0.2, 0.25) is 0 Å². The minimum atomic E-state index is -1.25. The second-order valence-electron chi connectivity index (χ2n) is 4.42. The molecule has 0 fully saturated rings. The van der Waals surface area contributed by atoms with Crippen LogP contribution in [0.5, 0.6) is 0 Å². The topological polar surface area (TPSA) is 20.2 Å². The summed E-state index contributed by atoms with van der Waals surface area (Å²) in [7, 11) is 0. The van der Waals surface area contributed by atoms with E-state index in [1.165, 1.54) is 0 Å². The molecule has 0 bridgehead atoms. The second-order valence-corrected chi connectivity index (χ2v) is 5.24. The van der Waals surface area contributed by atoms with Gasteiger partial charge in [-0.2, -0.15) is 0 Å². The molecule has 0 aliphatic rings. The van der Waals surface area contributed by atoms with E-state index in [0.29, 0.717) is 15.6 Å². The minimum Gasteiger partial charge on any atom is -0.374 e. The number of terminal acetylenes is 1. The van der Waals surface area contributed by atoms with E-state index in [9.17, 15) is 5.11 Å². The number of hydrogen-bond donors (Lipinski definition) is 1. The Morgan fingerprint density at radius 1 is 1.00 bits per heavy atom. The summed E-state index contributed by atoms with van der Waals surface area (Å²) in [6, 6.07) is 12.8. The molecule has 2 aromatic carbocycles. The molecule has 0 aliphatic heterocycles. The summed E-state index contributed by atoms with van der Waals surface area (Å²) in [6.07, 6.45) is 5.29. The van der Waals surface area contributed by atoms with Crippen LogP contribution in [0, 0.1) is 12.3 Å². The monoisotopic (exact) mass is 290 g/mol. The van der Waals surface area contributed by atoms with Gasteiger partial charge in [-0.05, 0) is 35.7 Å². The molecule has 0 aromatic heterocycles. The lowest BCUT2D eigenvalue weighted by Gasteiger charge is -2.17. The lowest BCUT2D eigenvalue weighted by Crippen LogP contribution is -2.17. The molecule has 2 aromatic rings. The van der Waals surface area contributed by atoms with Gasteiger partial charge < -0.3 is 5.11 Å². The Morgan fingerprint density at radius 2 is 1.58 bits per heavy atom. The van der Waals surface area contributed by atoms with Gasteiger partial charge in [0.05, 0.1) is 10.0 Å². The van der Waals surface area contributed by atoms with Gasteiger partial charge in [-0.15, -0.1) is 6.42 Å². The SMILES string of the molecule is C#CC(C)(O)c1ccc(-c2ccc(Cl)c(Cl)c2)cc1. The molecule has 1 unspecified atom stereocenters. The number of rotatable bonds is 2. The third-order valence-corrected chi connectivity index (χ3v) is 3.72. The number of hydrogen-bond acceptors (Lipinski definition) is 1. The predicted molar refractivity (Wildman–Crippen MR) is 80.3 cm³/mol. The van der Waals surface area contributed by atoms with Gasteiger partial charge in [0.1, 0.15) is 5.60 Å². The van der Waals surface area contributed by atoms with Crippen LogP contribution in [0.3, 0.4) is 0 Å². The zero-order valence-corrected chi connectivity index (χ0v) is 11.8. The maximum absolute atomic E-state index is 9.96. The molecule has 0 saturated carbocycles. The molecule has 0 saturated heterocycles. The molecule has 1 nitrogen and oxygen atoms in total. The van der Waals surface area contributed by atoms with Gasteiger partial charge in [-0.3, -0.25) is 0 Å². The van der Waals surface area contributed by atoms with E-state index in [-0.39, 0.29) is 0 Å². The minimum absolute atomic E-state index is 0.513. The van der Waals surface area contributed by atoms with Crippen LogP contribution in [0.2, 0.25) is 10.0 Å². The molecule has 0 aliphatic carbocycles. The van der Waals surface area contributed by atoms with Crippen LogP contribution < -0.4 is 0 Å². The van der Waals surface area contributed by atoms with Crippen molar-refractivity contribution in [2.45, 2.75) is 12.5 Å². The summed E-state index contributed by atoms with van der Waals surface area (Å²) < 4.78 is 0. The quantitative estimate of drug-likeness (QED) is 0.808. The summed E-state index contributed by atoms with van der Waals surface area (Å²) in [5, 5.41) is 11.0. The third kappa shape index (κ3) is 2.93. The zero-order valence-electron chi connectivity index (χ0n) is 10.3. The van der Waals surface area contributed by atoms with E-state index in [4.69, 9.17) is 29.6 Å². The third-order valence-electron chi connectivity index (χ3n) is 2.98. The summed E-state index contributed by atoms with van der Waals surface area (Å²) >= 11 is 11.9. The fourth-order valence-electron chi connectivity index (χ4n) is 1.75. The first-order valence-corrected chi connectivity index (χ1v) is 6.46. The Hall–Kier alpha value is -1.46. The number of benzene rings is 2. The lowest BCUT2D eigenvalue weighted by atomic mass is 9.94. The van der Waals surface area contributed by atoms with E-state index in [0.717, 1.165) is 11.1 Å². The van der Waals surface area contributed by atoms with Crippen molar-refractivity contribution >= 4 is 23.2 Å². The highest BCUT2D eigenvalue weighted by molar-refractivity contribution is 6.42. The normalized spacial score (nSPS) is 13.6. The largest absolute Gasteiger partial charge is 0.374 e. The van der Waals surface area contributed by atoms with Gasteiger partial charge in [-0.25, -0.2) is 0 Å². The highest BCUT2D eigenvalue weighted by Gasteiger charge is 2.19. The van der Waals surface area contributed by atoms with Crippen molar-refractivity contribution < 1.29 is 5.11 Å². The smallest absolute Gasteiger partial charge is 0.147 e. The summed E-state index contributed by atoms with van der Waals surface area (Å²) in [5.74, 6) is 2.35. The maximum atomic E-state index is 9.96. The van der Waals surface area contributed by atoms with E-state index >= 15 is 0 Å². The highest BCUT2D eigenvalue weighted by atomic mass is 35.5. The molecular formula is C16H12Cl2O. The molecule has 0 amide bonds. The van der Waals surface area contributed by atoms with Crippen molar-refractivity contribution in [2.24, 2.45) is 0 Å². The van der Waals surface area contributed by atoms with Gasteiger partial charge in [0, 0.05) is 0 Å². The summed E-state index contributed by atoms with van der Waals surface area (Å²) in [6.45, 7) is 1.58. The molecule has 96 valence electrons. The van der Waals surface area contributed by atoms with Crippen LogP contribution in [0.25, 0.3) is 11.1 Å². The van der Waals surface area contributed by atoms with Crippen molar-refractivity contribution in [3.05, 3.63) is 58.1 Å². The predicted octanol–water partition coefficient (Wildman–Crippen LogP) is 4.50. The molecular weight excluding hydrogens is 279 g/mol. The first kappa shape index (κ1) is 14.0. The van der Waals surface area contributed by atoms with E-state index < -0.39 is 5.60 Å². The first-order chi connectivity index (χ1) is 8.94. The Kier molecular flexibility index (Phi) is 3.87. The van der Waals surface area contributed by atoms with Gasteiger partial charge in [0.25, 0.3) is 0 Å². The van der Waals surface area contributed by atoms with E-state index in [2.05, 4.69) is 5.92 Å². The van der Waals surface area contributed by atoms with Gasteiger partial charge in [-0.1, -0.05) is 59.5 Å². The molecule has 1 atom stereocenters. The van der Waals surface area contributed by atoms with Crippen LogP contribution in [0.1, 0.15) is 12.5 Å². The average Bonchev–Trinajstić information content (AvgIpc) is 2.42. The van der Waals surface area contributed by atoms with Crippen molar-refractivity contribution in [3.63, 3.8) is 0 Å². The second kappa shape index (κ2) is 5.27. The fraction of sp³-hybridized carbons (Fsp3) is 0.125.